The molecule has 0 aromatic heterocycles. The first-order valence-electron chi connectivity index (χ1n) is 4.40. The number of carbonyl (C=O) groups is 1. The predicted molar refractivity (Wildman–Crippen MR) is 51.2 cm³/mol. The molecule has 0 heterocycles. The molecule has 15 heavy (non-hydrogen) atoms. The molecule has 1 aromatic rings. The molecule has 78 valence electrons. The molecule has 0 N–H and O–H groups in total. The molecule has 0 amide bonds. The zero-order valence-corrected chi connectivity index (χ0v) is 8.24. The molecule has 0 bridgehead atoms. The number of nitriles is 1. The second kappa shape index (κ2) is 5.11. The summed E-state index contributed by atoms with van der Waals surface area (Å²) in [5, 5.41) is 8.71. The maximum Gasteiger partial charge on any atom is 0.323 e. The van der Waals surface area contributed by atoms with E-state index >= 15 is 0 Å². The van der Waals surface area contributed by atoms with Crippen LogP contribution >= 0.6 is 0 Å². The van der Waals surface area contributed by atoms with Crippen LogP contribution in [0, 0.1) is 23.1 Å². The zero-order chi connectivity index (χ0) is 11.3. The Morgan fingerprint density at radius 2 is 2.27 bits per heavy atom. The maximum absolute atomic E-state index is 13.2. The predicted octanol–water partition coefficient (Wildman–Crippen LogP) is 1.68. The summed E-state index contributed by atoms with van der Waals surface area (Å²) < 4.78 is 17.6. The Morgan fingerprint density at radius 3 is 2.80 bits per heavy atom. The van der Waals surface area contributed by atoms with E-state index in [0.29, 0.717) is 5.56 Å². The molecule has 0 aliphatic rings. The van der Waals surface area contributed by atoms with Crippen molar-refractivity contribution in [2.24, 2.45) is 5.92 Å². The van der Waals surface area contributed by atoms with Crippen LogP contribution in [-0.2, 0) is 16.0 Å². The fraction of sp³-hybridized carbons (Fsp3) is 0.273. The number of hydrogen-bond donors (Lipinski definition) is 0. The SMILES string of the molecule is COC(=O)C(C#N)Cc1ccccc1F. The van der Waals surface area contributed by atoms with Crippen LogP contribution in [-0.4, -0.2) is 13.1 Å². The molecule has 0 radical (unpaired) electrons. The standard InChI is InChI=1S/C11H10FNO2/c1-15-11(14)9(7-13)6-8-4-2-3-5-10(8)12/h2-5,9H,6H2,1H3. The average Bonchev–Trinajstić information content (AvgIpc) is 2.27. The van der Waals surface area contributed by atoms with Crippen LogP contribution in [0.1, 0.15) is 5.56 Å². The molecular weight excluding hydrogens is 197 g/mol. The molecule has 0 aliphatic heterocycles. The van der Waals surface area contributed by atoms with Crippen LogP contribution in [0.15, 0.2) is 24.3 Å². The number of carbonyl (C=O) groups excluding carboxylic acids is 1. The summed E-state index contributed by atoms with van der Waals surface area (Å²) in [4.78, 5) is 11.1. The third kappa shape index (κ3) is 2.78. The van der Waals surface area contributed by atoms with Crippen LogP contribution in [0.4, 0.5) is 4.39 Å². The summed E-state index contributed by atoms with van der Waals surface area (Å²) in [5.41, 5.74) is 0.342. The van der Waals surface area contributed by atoms with Crippen LogP contribution in [0.3, 0.4) is 0 Å². The van der Waals surface area contributed by atoms with Gasteiger partial charge in [0.2, 0.25) is 0 Å². The lowest BCUT2D eigenvalue weighted by atomic mass is 10.0. The number of ether oxygens (including phenoxy) is 1. The number of methoxy groups -OCH3 is 1. The van der Waals surface area contributed by atoms with Crippen molar-refractivity contribution < 1.29 is 13.9 Å². The molecular formula is C11H10FNO2. The van der Waals surface area contributed by atoms with E-state index in [1.807, 2.05) is 0 Å². The van der Waals surface area contributed by atoms with Crippen molar-refractivity contribution in [1.82, 2.24) is 0 Å². The summed E-state index contributed by atoms with van der Waals surface area (Å²) >= 11 is 0. The van der Waals surface area contributed by atoms with Crippen LogP contribution in [0.25, 0.3) is 0 Å². The molecule has 0 fully saturated rings. The first-order valence-corrected chi connectivity index (χ1v) is 4.40. The number of rotatable bonds is 3. The molecule has 0 saturated heterocycles. The first-order chi connectivity index (χ1) is 7.19. The highest BCUT2D eigenvalue weighted by atomic mass is 19.1. The Balaban J connectivity index is 2.81. The highest BCUT2D eigenvalue weighted by Gasteiger charge is 2.20. The van der Waals surface area contributed by atoms with E-state index in [4.69, 9.17) is 5.26 Å². The zero-order valence-electron chi connectivity index (χ0n) is 8.24. The van der Waals surface area contributed by atoms with E-state index in [1.165, 1.54) is 13.2 Å². The largest absolute Gasteiger partial charge is 0.468 e. The molecule has 0 aliphatic carbocycles. The summed E-state index contributed by atoms with van der Waals surface area (Å²) in [6.07, 6.45) is 0.0375. The number of esters is 1. The lowest BCUT2D eigenvalue weighted by Gasteiger charge is -2.07. The number of benzene rings is 1. The Labute approximate surface area is 87.1 Å². The lowest BCUT2D eigenvalue weighted by Crippen LogP contribution is -2.17. The molecule has 1 unspecified atom stereocenters. The van der Waals surface area contributed by atoms with E-state index in [2.05, 4.69) is 4.74 Å². The fourth-order valence-corrected chi connectivity index (χ4v) is 1.21. The number of halogens is 1. The first kappa shape index (κ1) is 11.2. The van der Waals surface area contributed by atoms with Crippen molar-refractivity contribution in [2.45, 2.75) is 6.42 Å². The summed E-state index contributed by atoms with van der Waals surface area (Å²) in [5.74, 6) is -2.01. The van der Waals surface area contributed by atoms with Gasteiger partial charge in [-0.3, -0.25) is 4.79 Å². The smallest absolute Gasteiger partial charge is 0.323 e. The van der Waals surface area contributed by atoms with Gasteiger partial charge in [-0.2, -0.15) is 5.26 Å². The van der Waals surface area contributed by atoms with Gasteiger partial charge in [0.05, 0.1) is 13.2 Å². The van der Waals surface area contributed by atoms with Crippen molar-refractivity contribution in [2.75, 3.05) is 7.11 Å². The summed E-state index contributed by atoms with van der Waals surface area (Å²) in [7, 11) is 1.20. The van der Waals surface area contributed by atoms with Gasteiger partial charge in [-0.15, -0.1) is 0 Å². The second-order valence-corrected chi connectivity index (χ2v) is 3.00. The normalized spacial score (nSPS) is 11.5. The molecule has 0 saturated carbocycles. The van der Waals surface area contributed by atoms with Gasteiger partial charge in [-0.25, -0.2) is 4.39 Å². The minimum Gasteiger partial charge on any atom is -0.468 e. The molecule has 1 rings (SSSR count). The minimum absolute atomic E-state index is 0.0375. The average molecular weight is 207 g/mol. The van der Waals surface area contributed by atoms with E-state index in [9.17, 15) is 9.18 Å². The van der Waals surface area contributed by atoms with Gasteiger partial charge in [0.15, 0.2) is 0 Å². The van der Waals surface area contributed by atoms with Crippen molar-refractivity contribution in [1.29, 1.82) is 5.26 Å². The van der Waals surface area contributed by atoms with Crippen molar-refractivity contribution in [3.8, 4) is 6.07 Å². The van der Waals surface area contributed by atoms with Crippen LogP contribution < -0.4 is 0 Å². The van der Waals surface area contributed by atoms with Crippen LogP contribution in [0.5, 0.6) is 0 Å². The van der Waals surface area contributed by atoms with E-state index in [-0.39, 0.29) is 6.42 Å². The van der Waals surface area contributed by atoms with E-state index in [0.717, 1.165) is 0 Å². The lowest BCUT2D eigenvalue weighted by molar-refractivity contribution is -0.143. The Hall–Kier alpha value is -1.89. The highest BCUT2D eigenvalue weighted by molar-refractivity contribution is 5.75. The summed E-state index contributed by atoms with van der Waals surface area (Å²) in [6.45, 7) is 0. The van der Waals surface area contributed by atoms with E-state index in [1.54, 1.807) is 24.3 Å². The Morgan fingerprint density at radius 1 is 1.60 bits per heavy atom. The maximum atomic E-state index is 13.2. The van der Waals surface area contributed by atoms with Crippen molar-refractivity contribution in [3.63, 3.8) is 0 Å². The Kier molecular flexibility index (Phi) is 3.81. The van der Waals surface area contributed by atoms with Gasteiger partial charge in [0.1, 0.15) is 11.7 Å². The second-order valence-electron chi connectivity index (χ2n) is 3.00. The van der Waals surface area contributed by atoms with Gasteiger partial charge in [-0.05, 0) is 11.6 Å². The van der Waals surface area contributed by atoms with Crippen LogP contribution in [0.2, 0.25) is 0 Å². The third-order valence-electron chi connectivity index (χ3n) is 2.02. The number of nitrogens with zero attached hydrogens (tertiary/aromatic N) is 1. The van der Waals surface area contributed by atoms with Gasteiger partial charge in [0.25, 0.3) is 0 Å². The molecule has 3 nitrogen and oxygen atoms in total. The molecule has 0 spiro atoms. The topological polar surface area (TPSA) is 50.1 Å². The molecule has 1 atom stereocenters. The van der Waals surface area contributed by atoms with Crippen molar-refractivity contribution >= 4 is 5.97 Å². The number of hydrogen-bond acceptors (Lipinski definition) is 3. The van der Waals surface area contributed by atoms with Gasteiger partial charge >= 0.3 is 5.97 Å². The van der Waals surface area contributed by atoms with Gasteiger partial charge in [-0.1, -0.05) is 18.2 Å². The van der Waals surface area contributed by atoms with Crippen molar-refractivity contribution in [3.05, 3.63) is 35.6 Å². The fourth-order valence-electron chi connectivity index (χ4n) is 1.21. The minimum atomic E-state index is -0.952. The summed E-state index contributed by atoms with van der Waals surface area (Å²) in [6, 6.07) is 7.84. The van der Waals surface area contributed by atoms with E-state index < -0.39 is 17.7 Å². The molecule has 1 aromatic carbocycles. The highest BCUT2D eigenvalue weighted by Crippen LogP contribution is 2.13. The van der Waals surface area contributed by atoms with Gasteiger partial charge < -0.3 is 4.74 Å². The molecule has 4 heteroatoms. The Bertz CT molecular complexity index is 398. The monoisotopic (exact) mass is 207 g/mol. The van der Waals surface area contributed by atoms with Gasteiger partial charge in [0, 0.05) is 6.42 Å². The third-order valence-corrected chi connectivity index (χ3v) is 2.02. The quantitative estimate of drug-likeness (QED) is 0.708.